The number of hydrogen-bond acceptors (Lipinski definition) is 5. The van der Waals surface area contributed by atoms with Gasteiger partial charge in [-0.3, -0.25) is 9.59 Å². The van der Waals surface area contributed by atoms with E-state index in [1.807, 2.05) is 6.92 Å². The van der Waals surface area contributed by atoms with E-state index in [4.69, 9.17) is 55.9 Å². The van der Waals surface area contributed by atoms with E-state index in [2.05, 4.69) is 31.8 Å². The minimum atomic E-state index is -0.983. The molecule has 188 valence electrons. The van der Waals surface area contributed by atoms with Crippen molar-refractivity contribution < 1.29 is 19.1 Å². The van der Waals surface area contributed by atoms with Gasteiger partial charge in [0, 0.05) is 31.3 Å². The zero-order valence-corrected chi connectivity index (χ0v) is 23.2. The smallest absolute Gasteiger partial charge is 0.329 e. The van der Waals surface area contributed by atoms with Crippen LogP contribution in [0.25, 0.3) is 0 Å². The third-order valence-electron chi connectivity index (χ3n) is 4.46. The molecule has 0 heterocycles. The molecule has 0 radical (unpaired) electrons. The topological polar surface area (TPSA) is 89.0 Å². The molecule has 0 unspecified atom stereocenters. The Morgan fingerprint density at radius 1 is 0.972 bits per heavy atom. The number of rotatable bonds is 8. The summed E-state index contributed by atoms with van der Waals surface area (Å²) in [7, 11) is 0. The number of anilines is 1. The van der Waals surface area contributed by atoms with Gasteiger partial charge in [0.15, 0.2) is 11.5 Å². The van der Waals surface area contributed by atoms with Crippen molar-refractivity contribution in [3.63, 3.8) is 0 Å². The van der Waals surface area contributed by atoms with Gasteiger partial charge in [0.25, 0.3) is 0 Å². The minimum absolute atomic E-state index is 0.119. The van der Waals surface area contributed by atoms with Crippen molar-refractivity contribution in [1.82, 2.24) is 5.43 Å². The number of nitrogens with one attached hydrogen (secondary N) is 2. The summed E-state index contributed by atoms with van der Waals surface area (Å²) in [4.78, 5) is 24.2. The Kier molecular flexibility index (Phi) is 10.3. The van der Waals surface area contributed by atoms with Crippen LogP contribution in [-0.4, -0.2) is 24.6 Å². The molecule has 0 aliphatic carbocycles. The van der Waals surface area contributed by atoms with Crippen LogP contribution >= 0.6 is 62.3 Å². The standard InChI is InChI=1S/C24H18BrCl4N3O4/c1-2-35-21-7-13(6-18(25)22(21)36-12-17-19(28)4-3-5-20(17)29)11-30-32-24(34)23(33)31-16-9-14(26)8-15(27)10-16/h3-11H,2,12H2,1H3,(H,31,33)(H,32,34). The first kappa shape index (κ1) is 28.1. The van der Waals surface area contributed by atoms with Gasteiger partial charge in [0.05, 0.1) is 17.3 Å². The van der Waals surface area contributed by atoms with Crippen LogP contribution in [-0.2, 0) is 16.2 Å². The van der Waals surface area contributed by atoms with E-state index in [0.29, 0.717) is 53.8 Å². The zero-order chi connectivity index (χ0) is 26.2. The molecule has 0 saturated heterocycles. The average Bonchev–Trinajstić information content (AvgIpc) is 2.79. The lowest BCUT2D eigenvalue weighted by atomic mass is 10.2. The molecule has 12 heteroatoms. The van der Waals surface area contributed by atoms with Crippen LogP contribution in [0.4, 0.5) is 5.69 Å². The highest BCUT2D eigenvalue weighted by Gasteiger charge is 2.16. The molecular formula is C24H18BrCl4N3O4. The van der Waals surface area contributed by atoms with E-state index >= 15 is 0 Å². The molecule has 36 heavy (non-hydrogen) atoms. The highest BCUT2D eigenvalue weighted by atomic mass is 79.9. The van der Waals surface area contributed by atoms with Crippen molar-refractivity contribution >= 4 is 86.1 Å². The number of amides is 2. The van der Waals surface area contributed by atoms with Gasteiger partial charge in [0.2, 0.25) is 0 Å². The molecule has 3 aromatic rings. The predicted octanol–water partition coefficient (Wildman–Crippen LogP) is 7.13. The van der Waals surface area contributed by atoms with Gasteiger partial charge < -0.3 is 14.8 Å². The summed E-state index contributed by atoms with van der Waals surface area (Å²) in [6.07, 6.45) is 1.35. The van der Waals surface area contributed by atoms with Crippen molar-refractivity contribution in [3.8, 4) is 11.5 Å². The lowest BCUT2D eigenvalue weighted by molar-refractivity contribution is -0.136. The molecule has 2 amide bonds. The van der Waals surface area contributed by atoms with E-state index in [-0.39, 0.29) is 12.3 Å². The molecule has 2 N–H and O–H groups in total. The molecule has 0 fully saturated rings. The molecule has 0 aliphatic heterocycles. The number of hydrazone groups is 1. The second-order valence-corrected chi connectivity index (χ2v) is 9.60. The Hall–Kier alpha value is -2.49. The van der Waals surface area contributed by atoms with Gasteiger partial charge >= 0.3 is 11.8 Å². The zero-order valence-electron chi connectivity index (χ0n) is 18.6. The summed E-state index contributed by atoms with van der Waals surface area (Å²) in [5.41, 5.74) is 3.64. The van der Waals surface area contributed by atoms with E-state index in [1.165, 1.54) is 24.4 Å². The van der Waals surface area contributed by atoms with Crippen molar-refractivity contribution in [2.75, 3.05) is 11.9 Å². The summed E-state index contributed by atoms with van der Waals surface area (Å²) in [5, 5.41) is 7.83. The fraction of sp³-hybridized carbons (Fsp3) is 0.125. The molecular weight excluding hydrogens is 616 g/mol. The van der Waals surface area contributed by atoms with Crippen molar-refractivity contribution in [1.29, 1.82) is 0 Å². The second kappa shape index (κ2) is 13.2. The van der Waals surface area contributed by atoms with Gasteiger partial charge in [-0.15, -0.1) is 0 Å². The third-order valence-corrected chi connectivity index (χ3v) is 6.19. The number of nitrogens with zero attached hydrogens (tertiary/aromatic N) is 1. The van der Waals surface area contributed by atoms with Gasteiger partial charge in [-0.2, -0.15) is 5.10 Å². The van der Waals surface area contributed by atoms with Crippen LogP contribution in [0, 0.1) is 0 Å². The van der Waals surface area contributed by atoms with Crippen molar-refractivity contribution in [2.24, 2.45) is 5.10 Å². The molecule has 3 rings (SSSR count). The molecule has 0 saturated carbocycles. The SMILES string of the molecule is CCOc1cc(C=NNC(=O)C(=O)Nc2cc(Cl)cc(Cl)c2)cc(Br)c1OCc1c(Cl)cccc1Cl. The molecule has 0 spiro atoms. The largest absolute Gasteiger partial charge is 0.490 e. The first-order chi connectivity index (χ1) is 17.2. The molecule has 3 aromatic carbocycles. The highest BCUT2D eigenvalue weighted by Crippen LogP contribution is 2.38. The number of carbonyl (C=O) groups is 2. The number of carbonyl (C=O) groups excluding carboxylic acids is 2. The second-order valence-electron chi connectivity index (χ2n) is 7.06. The van der Waals surface area contributed by atoms with E-state index in [0.717, 1.165) is 0 Å². The Labute approximate surface area is 235 Å². The van der Waals surface area contributed by atoms with Crippen LogP contribution in [0.2, 0.25) is 20.1 Å². The fourth-order valence-corrected chi connectivity index (χ4v) is 4.52. The van der Waals surface area contributed by atoms with Crippen LogP contribution < -0.4 is 20.2 Å². The van der Waals surface area contributed by atoms with Crippen molar-refractivity contribution in [2.45, 2.75) is 13.5 Å². The molecule has 0 aromatic heterocycles. The van der Waals surface area contributed by atoms with Crippen molar-refractivity contribution in [3.05, 3.63) is 84.2 Å². The Morgan fingerprint density at radius 3 is 2.28 bits per heavy atom. The number of ether oxygens (including phenoxy) is 2. The summed E-state index contributed by atoms with van der Waals surface area (Å²) < 4.78 is 12.2. The summed E-state index contributed by atoms with van der Waals surface area (Å²) in [5.74, 6) is -1.06. The summed E-state index contributed by atoms with van der Waals surface area (Å²) >= 11 is 27.7. The van der Waals surface area contributed by atoms with E-state index in [1.54, 1.807) is 30.3 Å². The summed E-state index contributed by atoms with van der Waals surface area (Å²) in [6.45, 7) is 2.32. The monoisotopic (exact) mass is 631 g/mol. The Bertz CT molecular complexity index is 1280. The van der Waals surface area contributed by atoms with Crippen LogP contribution in [0.15, 0.2) is 58.1 Å². The molecule has 7 nitrogen and oxygen atoms in total. The van der Waals surface area contributed by atoms with Gasteiger partial charge in [-0.25, -0.2) is 5.43 Å². The minimum Gasteiger partial charge on any atom is -0.490 e. The number of benzene rings is 3. The van der Waals surface area contributed by atoms with Gasteiger partial charge in [-0.1, -0.05) is 52.5 Å². The van der Waals surface area contributed by atoms with Crippen LogP contribution in [0.5, 0.6) is 11.5 Å². The Morgan fingerprint density at radius 2 is 1.64 bits per heavy atom. The predicted molar refractivity (Wildman–Crippen MR) is 147 cm³/mol. The van der Waals surface area contributed by atoms with E-state index in [9.17, 15) is 9.59 Å². The lowest BCUT2D eigenvalue weighted by Gasteiger charge is -2.15. The molecule has 0 aliphatic rings. The Balaban J connectivity index is 1.68. The number of halogens is 5. The number of hydrogen-bond donors (Lipinski definition) is 2. The highest BCUT2D eigenvalue weighted by molar-refractivity contribution is 9.10. The van der Waals surface area contributed by atoms with E-state index < -0.39 is 11.8 Å². The lowest BCUT2D eigenvalue weighted by Crippen LogP contribution is -2.32. The van der Waals surface area contributed by atoms with Crippen LogP contribution in [0.1, 0.15) is 18.1 Å². The fourth-order valence-electron chi connectivity index (χ4n) is 2.91. The maximum absolute atomic E-state index is 12.1. The summed E-state index contributed by atoms with van der Waals surface area (Å²) in [6, 6.07) is 13.0. The first-order valence-electron chi connectivity index (χ1n) is 10.3. The third kappa shape index (κ3) is 7.75. The van der Waals surface area contributed by atoms with Gasteiger partial charge in [0.1, 0.15) is 6.61 Å². The first-order valence-corrected chi connectivity index (χ1v) is 12.6. The quantitative estimate of drug-likeness (QED) is 0.157. The normalized spacial score (nSPS) is 10.8. The maximum atomic E-state index is 12.1. The van der Waals surface area contributed by atoms with Gasteiger partial charge in [-0.05, 0) is 70.9 Å². The molecule has 0 atom stereocenters. The molecule has 0 bridgehead atoms. The average molecular weight is 634 g/mol. The maximum Gasteiger partial charge on any atom is 0.329 e. The van der Waals surface area contributed by atoms with Crippen LogP contribution in [0.3, 0.4) is 0 Å².